The molecule has 0 aliphatic carbocycles. The van der Waals surface area contributed by atoms with E-state index < -0.39 is 17.6 Å². The Labute approximate surface area is 209 Å². The first-order chi connectivity index (χ1) is 16.7. The molecule has 0 spiro atoms. The SMILES string of the molecule is CN(C)CC1CC2CC(c3ccc(CCCOc4c(F)ccc(F)c4Cl)cc3)=C(C(=O)O)C(C1)N2. The second-order valence-corrected chi connectivity index (χ2v) is 10.1. The van der Waals surface area contributed by atoms with Crippen LogP contribution >= 0.6 is 11.6 Å². The topological polar surface area (TPSA) is 61.8 Å². The Hall–Kier alpha value is -2.48. The van der Waals surface area contributed by atoms with Crippen LogP contribution < -0.4 is 10.1 Å². The highest BCUT2D eigenvalue weighted by molar-refractivity contribution is 6.32. The molecular formula is C27H31ClF2N2O3. The Kier molecular flexibility index (Phi) is 8.09. The number of piperidine rings is 1. The molecule has 1 fully saturated rings. The third kappa shape index (κ3) is 6.02. The van der Waals surface area contributed by atoms with Gasteiger partial charge in [-0.2, -0.15) is 0 Å². The van der Waals surface area contributed by atoms with Gasteiger partial charge in [0.05, 0.1) is 12.2 Å². The number of fused-ring (bicyclic) bond motifs is 2. The number of benzene rings is 2. The van der Waals surface area contributed by atoms with Gasteiger partial charge < -0.3 is 20.1 Å². The van der Waals surface area contributed by atoms with Gasteiger partial charge in [-0.1, -0.05) is 35.9 Å². The molecule has 4 rings (SSSR count). The van der Waals surface area contributed by atoms with Gasteiger partial charge in [-0.3, -0.25) is 0 Å². The first-order valence-corrected chi connectivity index (χ1v) is 12.3. The lowest BCUT2D eigenvalue weighted by Crippen LogP contribution is -2.52. The molecule has 35 heavy (non-hydrogen) atoms. The first-order valence-electron chi connectivity index (χ1n) is 12.0. The Morgan fingerprint density at radius 2 is 1.86 bits per heavy atom. The van der Waals surface area contributed by atoms with Gasteiger partial charge in [-0.05, 0) is 81.0 Å². The van der Waals surface area contributed by atoms with E-state index in [1.807, 2.05) is 24.3 Å². The zero-order valence-corrected chi connectivity index (χ0v) is 20.7. The van der Waals surface area contributed by atoms with E-state index in [1.165, 1.54) is 0 Å². The van der Waals surface area contributed by atoms with Gasteiger partial charge >= 0.3 is 5.97 Å². The lowest BCUT2D eigenvalue weighted by atomic mass is 9.75. The summed E-state index contributed by atoms with van der Waals surface area (Å²) in [6.07, 6.45) is 3.84. The first kappa shape index (κ1) is 25.6. The van der Waals surface area contributed by atoms with Crippen molar-refractivity contribution >= 4 is 23.1 Å². The van der Waals surface area contributed by atoms with Gasteiger partial charge in [-0.25, -0.2) is 13.6 Å². The summed E-state index contributed by atoms with van der Waals surface area (Å²) in [5.41, 5.74) is 3.40. The molecule has 188 valence electrons. The molecule has 3 atom stereocenters. The van der Waals surface area contributed by atoms with E-state index in [4.69, 9.17) is 16.3 Å². The molecule has 2 aliphatic heterocycles. The molecule has 2 bridgehead atoms. The third-order valence-electron chi connectivity index (χ3n) is 6.76. The number of hydrogen-bond acceptors (Lipinski definition) is 4. The van der Waals surface area contributed by atoms with Crippen LogP contribution in [-0.2, 0) is 11.2 Å². The van der Waals surface area contributed by atoms with Crippen LogP contribution in [0.5, 0.6) is 5.75 Å². The lowest BCUT2D eigenvalue weighted by Gasteiger charge is -2.42. The second kappa shape index (κ2) is 11.1. The fourth-order valence-corrected chi connectivity index (χ4v) is 5.55. The molecule has 5 nitrogen and oxygen atoms in total. The molecule has 2 aliphatic rings. The molecule has 0 radical (unpaired) electrons. The predicted molar refractivity (Wildman–Crippen MR) is 133 cm³/mol. The number of carbonyl (C=O) groups is 1. The summed E-state index contributed by atoms with van der Waals surface area (Å²) in [5, 5.41) is 13.2. The maximum Gasteiger partial charge on any atom is 0.333 e. The highest BCUT2D eigenvalue weighted by Gasteiger charge is 2.39. The van der Waals surface area contributed by atoms with Crippen molar-refractivity contribution in [1.82, 2.24) is 10.2 Å². The van der Waals surface area contributed by atoms with E-state index in [9.17, 15) is 18.7 Å². The molecule has 8 heteroatoms. The molecule has 3 unspecified atom stereocenters. The monoisotopic (exact) mass is 504 g/mol. The minimum Gasteiger partial charge on any atom is -0.489 e. The number of nitrogens with zero attached hydrogens (tertiary/aromatic N) is 1. The fraction of sp³-hybridized carbons (Fsp3) is 0.444. The molecule has 2 aromatic rings. The predicted octanol–water partition coefficient (Wildman–Crippen LogP) is 5.17. The van der Waals surface area contributed by atoms with Crippen molar-refractivity contribution in [1.29, 1.82) is 0 Å². The quantitative estimate of drug-likeness (QED) is 0.364. The molecular weight excluding hydrogens is 474 g/mol. The molecule has 0 saturated carbocycles. The molecule has 2 aromatic carbocycles. The standard InChI is InChI=1S/C27H31ClF2N2O3/c1-32(2)15-17-12-19-14-20(24(27(33)34)23(13-17)31-19)18-7-5-16(6-8-18)4-3-11-35-26-22(30)10-9-21(29)25(26)28/h5-10,17,19,23,31H,3-4,11-15H2,1-2H3,(H,33,34). The van der Waals surface area contributed by atoms with Crippen molar-refractivity contribution in [3.8, 4) is 5.75 Å². The van der Waals surface area contributed by atoms with E-state index in [0.29, 0.717) is 30.8 Å². The largest absolute Gasteiger partial charge is 0.489 e. The van der Waals surface area contributed by atoms with E-state index >= 15 is 0 Å². The van der Waals surface area contributed by atoms with Gasteiger partial charge in [0.1, 0.15) is 10.8 Å². The van der Waals surface area contributed by atoms with E-state index in [2.05, 4.69) is 24.3 Å². The number of aryl methyl sites for hydroxylation is 1. The van der Waals surface area contributed by atoms with E-state index in [0.717, 1.165) is 48.2 Å². The molecule has 2 N–H and O–H groups in total. The highest BCUT2D eigenvalue weighted by Crippen LogP contribution is 2.38. The maximum atomic E-state index is 13.8. The summed E-state index contributed by atoms with van der Waals surface area (Å²) in [4.78, 5) is 14.4. The Morgan fingerprint density at radius 1 is 1.14 bits per heavy atom. The smallest absolute Gasteiger partial charge is 0.333 e. The lowest BCUT2D eigenvalue weighted by molar-refractivity contribution is -0.133. The zero-order valence-electron chi connectivity index (χ0n) is 20.0. The van der Waals surface area contributed by atoms with Gasteiger partial charge in [0.15, 0.2) is 11.6 Å². The van der Waals surface area contributed by atoms with Crippen LogP contribution in [-0.4, -0.2) is 55.3 Å². The molecule has 2 heterocycles. The van der Waals surface area contributed by atoms with Crippen LogP contribution in [0, 0.1) is 17.6 Å². The van der Waals surface area contributed by atoms with Crippen LogP contribution in [0.15, 0.2) is 42.0 Å². The number of nitrogens with one attached hydrogen (secondary N) is 1. The van der Waals surface area contributed by atoms with Gasteiger partial charge in [0, 0.05) is 18.6 Å². The number of aliphatic carboxylic acids is 1. The number of carboxylic acids is 1. The molecule has 0 amide bonds. The second-order valence-electron chi connectivity index (χ2n) is 9.74. The number of ether oxygens (including phenoxy) is 1. The number of rotatable bonds is 9. The van der Waals surface area contributed by atoms with Crippen LogP contribution in [0.2, 0.25) is 5.02 Å². The summed E-state index contributed by atoms with van der Waals surface area (Å²) in [6, 6.07) is 10.1. The third-order valence-corrected chi connectivity index (χ3v) is 7.11. The van der Waals surface area contributed by atoms with Crippen molar-refractivity contribution in [3.63, 3.8) is 0 Å². The number of halogens is 3. The van der Waals surface area contributed by atoms with Crippen molar-refractivity contribution in [2.75, 3.05) is 27.2 Å². The maximum absolute atomic E-state index is 13.8. The van der Waals surface area contributed by atoms with Crippen LogP contribution in [0.1, 0.15) is 36.8 Å². The summed E-state index contributed by atoms with van der Waals surface area (Å²) in [6.45, 7) is 1.16. The normalized spacial score (nSPS) is 21.9. The fourth-order valence-electron chi connectivity index (χ4n) is 5.34. The van der Waals surface area contributed by atoms with Crippen LogP contribution in [0.4, 0.5) is 8.78 Å². The summed E-state index contributed by atoms with van der Waals surface area (Å²) >= 11 is 5.79. The summed E-state index contributed by atoms with van der Waals surface area (Å²) in [5.74, 6) is -2.05. The number of hydrogen-bond donors (Lipinski definition) is 2. The van der Waals surface area contributed by atoms with Crippen molar-refractivity contribution in [3.05, 3.63) is 69.8 Å². The van der Waals surface area contributed by atoms with Crippen molar-refractivity contribution in [2.24, 2.45) is 5.92 Å². The van der Waals surface area contributed by atoms with Gasteiger partial charge in [0.2, 0.25) is 0 Å². The average Bonchev–Trinajstić information content (AvgIpc) is 2.80. The van der Waals surface area contributed by atoms with E-state index in [1.54, 1.807) is 0 Å². The van der Waals surface area contributed by atoms with Gasteiger partial charge in [-0.15, -0.1) is 0 Å². The summed E-state index contributed by atoms with van der Waals surface area (Å²) in [7, 11) is 4.11. The van der Waals surface area contributed by atoms with E-state index in [-0.39, 0.29) is 29.5 Å². The molecule has 0 aromatic heterocycles. The Morgan fingerprint density at radius 3 is 2.54 bits per heavy atom. The van der Waals surface area contributed by atoms with Gasteiger partial charge in [0.25, 0.3) is 0 Å². The van der Waals surface area contributed by atoms with Crippen molar-refractivity contribution < 1.29 is 23.4 Å². The Bertz CT molecular complexity index is 1100. The van der Waals surface area contributed by atoms with Crippen LogP contribution in [0.3, 0.4) is 0 Å². The number of carboxylic acid groups (broad SMARTS) is 1. The average molecular weight is 505 g/mol. The summed E-state index contributed by atoms with van der Waals surface area (Å²) < 4.78 is 32.7. The zero-order chi connectivity index (χ0) is 25.1. The molecule has 1 saturated heterocycles. The highest BCUT2D eigenvalue weighted by atomic mass is 35.5. The minimum absolute atomic E-state index is 0.133. The van der Waals surface area contributed by atoms with Crippen molar-refractivity contribution in [2.45, 2.75) is 44.2 Å². The van der Waals surface area contributed by atoms with Crippen LogP contribution in [0.25, 0.3) is 5.57 Å². The Balaban J connectivity index is 1.40. The minimum atomic E-state index is -0.856.